The molecule has 0 N–H and O–H groups in total. The molecule has 1 aromatic carbocycles. The quantitative estimate of drug-likeness (QED) is 0.292. The summed E-state index contributed by atoms with van der Waals surface area (Å²) in [5, 5.41) is 0. The summed E-state index contributed by atoms with van der Waals surface area (Å²) in [6, 6.07) is 4.53. The first kappa shape index (κ1) is 25.2. The SMILES string of the molecule is CCCCCCCC1CCc2c(ccc(C3CCC4CC(CCCCC)CCC4C3)c2F)C1. The summed E-state index contributed by atoms with van der Waals surface area (Å²) < 4.78 is 15.7. The Bertz CT molecular complexity index is 721. The molecule has 1 aromatic rings. The van der Waals surface area contributed by atoms with Crippen LogP contribution in [-0.2, 0) is 12.8 Å². The summed E-state index contributed by atoms with van der Waals surface area (Å²) in [6.07, 6.45) is 25.2. The minimum Gasteiger partial charge on any atom is -0.206 e. The molecule has 0 bridgehead atoms. The normalized spacial score (nSPS) is 29.5. The molecule has 1 heteroatoms. The van der Waals surface area contributed by atoms with Gasteiger partial charge < -0.3 is 0 Å². The molecule has 0 spiro atoms. The van der Waals surface area contributed by atoms with Gasteiger partial charge in [0.15, 0.2) is 0 Å². The summed E-state index contributed by atoms with van der Waals surface area (Å²) in [5.41, 5.74) is 3.51. The Morgan fingerprint density at radius 1 is 0.727 bits per heavy atom. The van der Waals surface area contributed by atoms with Crippen LogP contribution in [0.2, 0.25) is 0 Å². The van der Waals surface area contributed by atoms with Crippen molar-refractivity contribution in [2.45, 2.75) is 142 Å². The summed E-state index contributed by atoms with van der Waals surface area (Å²) >= 11 is 0. The van der Waals surface area contributed by atoms with Crippen molar-refractivity contribution in [2.75, 3.05) is 0 Å². The van der Waals surface area contributed by atoms with E-state index in [-0.39, 0.29) is 5.82 Å². The molecule has 4 rings (SSSR count). The van der Waals surface area contributed by atoms with Crippen LogP contribution in [0.15, 0.2) is 12.1 Å². The van der Waals surface area contributed by atoms with Gasteiger partial charge in [-0.15, -0.1) is 0 Å². The molecule has 0 heterocycles. The van der Waals surface area contributed by atoms with E-state index < -0.39 is 0 Å². The summed E-state index contributed by atoms with van der Waals surface area (Å²) in [7, 11) is 0. The lowest BCUT2D eigenvalue weighted by molar-refractivity contribution is 0.112. The fourth-order valence-electron chi connectivity index (χ4n) is 7.71. The van der Waals surface area contributed by atoms with E-state index >= 15 is 4.39 Å². The van der Waals surface area contributed by atoms with E-state index in [2.05, 4.69) is 26.0 Å². The number of unbranched alkanes of at least 4 members (excludes halogenated alkanes) is 6. The largest absolute Gasteiger partial charge is 0.206 e. The maximum Gasteiger partial charge on any atom is 0.130 e. The van der Waals surface area contributed by atoms with Crippen molar-refractivity contribution in [3.05, 3.63) is 34.6 Å². The Hall–Kier alpha value is -0.850. The van der Waals surface area contributed by atoms with Crippen LogP contribution in [0.3, 0.4) is 0 Å². The standard InChI is InChI=1S/C32H51F/c1-3-5-7-8-10-12-25-14-19-30-28(22-25)18-20-31(32(30)33)29-17-16-26-21-24(11-9-6-4-2)13-15-27(26)23-29/h18,20,24-27,29H,3-17,19,21-23H2,1-2H3. The van der Waals surface area contributed by atoms with Gasteiger partial charge in [0.1, 0.15) is 5.82 Å². The molecule has 2 saturated carbocycles. The topological polar surface area (TPSA) is 0 Å². The Morgan fingerprint density at radius 3 is 2.27 bits per heavy atom. The fraction of sp³-hybridized carbons (Fsp3) is 0.812. The number of fused-ring (bicyclic) bond motifs is 2. The van der Waals surface area contributed by atoms with Crippen molar-refractivity contribution >= 4 is 0 Å². The number of hydrogen-bond donors (Lipinski definition) is 0. The molecule has 186 valence electrons. The Balaban J connectivity index is 1.30. The van der Waals surface area contributed by atoms with E-state index in [1.807, 2.05) is 0 Å². The number of rotatable bonds is 11. The molecule has 0 radical (unpaired) electrons. The van der Waals surface area contributed by atoms with Crippen LogP contribution >= 0.6 is 0 Å². The zero-order valence-electron chi connectivity index (χ0n) is 21.9. The maximum absolute atomic E-state index is 15.7. The van der Waals surface area contributed by atoms with Crippen molar-refractivity contribution < 1.29 is 4.39 Å². The summed E-state index contributed by atoms with van der Waals surface area (Å²) in [6.45, 7) is 4.60. The second kappa shape index (κ2) is 12.7. The molecule has 5 unspecified atom stereocenters. The summed E-state index contributed by atoms with van der Waals surface area (Å²) in [5.74, 6) is 4.23. The van der Waals surface area contributed by atoms with Gasteiger partial charge in [-0.25, -0.2) is 4.39 Å². The Labute approximate surface area is 204 Å². The molecule has 0 aliphatic heterocycles. The highest BCUT2D eigenvalue weighted by Crippen LogP contribution is 2.49. The van der Waals surface area contributed by atoms with Crippen molar-refractivity contribution in [3.63, 3.8) is 0 Å². The van der Waals surface area contributed by atoms with Crippen LogP contribution < -0.4 is 0 Å². The smallest absolute Gasteiger partial charge is 0.130 e. The molecular formula is C32H51F. The van der Waals surface area contributed by atoms with Crippen LogP contribution in [0.25, 0.3) is 0 Å². The first-order chi connectivity index (χ1) is 16.2. The first-order valence-electron chi connectivity index (χ1n) is 15.0. The highest BCUT2D eigenvalue weighted by Gasteiger charge is 2.37. The second-order valence-corrected chi connectivity index (χ2v) is 12.1. The lowest BCUT2D eigenvalue weighted by Gasteiger charge is -2.42. The van der Waals surface area contributed by atoms with Gasteiger partial charge in [0.05, 0.1) is 0 Å². The van der Waals surface area contributed by atoms with E-state index in [1.54, 1.807) is 0 Å². The van der Waals surface area contributed by atoms with Crippen LogP contribution in [0, 0.1) is 29.5 Å². The van der Waals surface area contributed by atoms with Crippen molar-refractivity contribution in [1.29, 1.82) is 0 Å². The highest BCUT2D eigenvalue weighted by molar-refractivity contribution is 5.38. The van der Waals surface area contributed by atoms with Gasteiger partial charge in [-0.05, 0) is 97.6 Å². The Kier molecular flexibility index (Phi) is 9.75. The van der Waals surface area contributed by atoms with Crippen LogP contribution in [0.5, 0.6) is 0 Å². The molecule has 0 aromatic heterocycles. The number of hydrogen-bond acceptors (Lipinski definition) is 0. The monoisotopic (exact) mass is 454 g/mol. The van der Waals surface area contributed by atoms with Gasteiger partial charge in [-0.3, -0.25) is 0 Å². The average molecular weight is 455 g/mol. The van der Waals surface area contributed by atoms with Gasteiger partial charge in [-0.2, -0.15) is 0 Å². The van der Waals surface area contributed by atoms with Crippen molar-refractivity contribution in [3.8, 4) is 0 Å². The predicted octanol–water partition coefficient (Wildman–Crippen LogP) is 10.2. The van der Waals surface area contributed by atoms with Gasteiger partial charge in [0, 0.05) is 0 Å². The van der Waals surface area contributed by atoms with E-state index in [0.717, 1.165) is 47.6 Å². The van der Waals surface area contributed by atoms with E-state index in [9.17, 15) is 0 Å². The molecule has 0 amide bonds. The fourth-order valence-corrected chi connectivity index (χ4v) is 7.71. The lowest BCUT2D eigenvalue weighted by atomic mass is 9.63. The van der Waals surface area contributed by atoms with Crippen LogP contribution in [0.1, 0.15) is 146 Å². The minimum atomic E-state index is 0.200. The molecule has 33 heavy (non-hydrogen) atoms. The minimum absolute atomic E-state index is 0.200. The van der Waals surface area contributed by atoms with Crippen LogP contribution in [-0.4, -0.2) is 0 Å². The lowest BCUT2D eigenvalue weighted by Crippen LogP contribution is -2.31. The summed E-state index contributed by atoms with van der Waals surface area (Å²) in [4.78, 5) is 0. The van der Waals surface area contributed by atoms with Crippen LogP contribution in [0.4, 0.5) is 4.39 Å². The third-order valence-electron chi connectivity index (χ3n) is 9.77. The van der Waals surface area contributed by atoms with Crippen molar-refractivity contribution in [2.24, 2.45) is 23.7 Å². The van der Waals surface area contributed by atoms with E-state index in [0.29, 0.717) is 5.92 Å². The predicted molar refractivity (Wildman–Crippen MR) is 140 cm³/mol. The van der Waals surface area contributed by atoms with E-state index in [1.165, 1.54) is 115 Å². The second-order valence-electron chi connectivity index (χ2n) is 12.1. The number of halogens is 1. The molecule has 2 fully saturated rings. The van der Waals surface area contributed by atoms with Gasteiger partial charge in [0.25, 0.3) is 0 Å². The first-order valence-corrected chi connectivity index (χ1v) is 15.0. The van der Waals surface area contributed by atoms with E-state index in [4.69, 9.17) is 0 Å². The molecule has 5 atom stereocenters. The van der Waals surface area contributed by atoms with Gasteiger partial charge in [0.2, 0.25) is 0 Å². The maximum atomic E-state index is 15.7. The molecule has 3 aliphatic rings. The number of benzene rings is 1. The average Bonchev–Trinajstić information content (AvgIpc) is 2.84. The molecule has 3 aliphatic carbocycles. The molecule has 0 saturated heterocycles. The van der Waals surface area contributed by atoms with Crippen molar-refractivity contribution in [1.82, 2.24) is 0 Å². The zero-order valence-corrected chi connectivity index (χ0v) is 21.9. The third-order valence-corrected chi connectivity index (χ3v) is 9.77. The zero-order chi connectivity index (χ0) is 23.0. The van der Waals surface area contributed by atoms with Gasteiger partial charge in [-0.1, -0.05) is 96.6 Å². The molecule has 0 nitrogen and oxygen atoms in total. The highest BCUT2D eigenvalue weighted by atomic mass is 19.1. The Morgan fingerprint density at radius 2 is 1.42 bits per heavy atom. The van der Waals surface area contributed by atoms with Gasteiger partial charge >= 0.3 is 0 Å². The molecular weight excluding hydrogens is 403 g/mol. The third kappa shape index (κ3) is 6.64.